The molecule has 1 aromatic rings. The zero-order chi connectivity index (χ0) is 16.8. The largest absolute Gasteiger partial charge is 0.376 e. The van der Waals surface area contributed by atoms with Gasteiger partial charge in [0.25, 0.3) is 0 Å². The molecule has 2 atom stereocenters. The summed E-state index contributed by atoms with van der Waals surface area (Å²) in [5.74, 6) is -0.490. The van der Waals surface area contributed by atoms with E-state index in [0.29, 0.717) is 36.8 Å². The monoisotopic (exact) mass is 343 g/mol. The average molecular weight is 344 g/mol. The van der Waals surface area contributed by atoms with Crippen LogP contribution in [-0.4, -0.2) is 56.7 Å². The summed E-state index contributed by atoms with van der Waals surface area (Å²) in [5.41, 5.74) is 0.424. The Morgan fingerprint density at radius 1 is 1.57 bits per heavy atom. The smallest absolute Gasteiger partial charge is 0.234 e. The van der Waals surface area contributed by atoms with E-state index < -0.39 is 0 Å². The van der Waals surface area contributed by atoms with Crippen LogP contribution in [0.3, 0.4) is 0 Å². The Morgan fingerprint density at radius 2 is 2.35 bits per heavy atom. The minimum Gasteiger partial charge on any atom is -0.376 e. The lowest BCUT2D eigenvalue weighted by molar-refractivity contribution is -0.120. The van der Waals surface area contributed by atoms with Crippen molar-refractivity contribution >= 4 is 17.5 Å². The summed E-state index contributed by atoms with van der Waals surface area (Å²) in [6, 6.07) is 4.33. The summed E-state index contributed by atoms with van der Waals surface area (Å²) in [6.45, 7) is 4.41. The van der Waals surface area contributed by atoms with Gasteiger partial charge in [0.2, 0.25) is 5.91 Å². The van der Waals surface area contributed by atoms with E-state index in [1.165, 1.54) is 6.07 Å². The van der Waals surface area contributed by atoms with E-state index in [0.717, 1.165) is 0 Å². The highest BCUT2D eigenvalue weighted by molar-refractivity contribution is 6.31. The number of rotatable bonds is 6. The molecule has 1 amide bonds. The van der Waals surface area contributed by atoms with E-state index in [9.17, 15) is 9.18 Å². The molecular formula is C16H23ClFN3O2. The molecule has 0 unspecified atom stereocenters. The van der Waals surface area contributed by atoms with Crippen molar-refractivity contribution in [2.75, 3.05) is 39.8 Å². The molecule has 0 aromatic heterocycles. The third-order valence-electron chi connectivity index (χ3n) is 3.88. The molecule has 128 valence electrons. The summed E-state index contributed by atoms with van der Waals surface area (Å²) >= 11 is 6.23. The number of nitrogens with zero attached hydrogens (tertiary/aromatic N) is 1. The van der Waals surface area contributed by atoms with Gasteiger partial charge >= 0.3 is 0 Å². The summed E-state index contributed by atoms with van der Waals surface area (Å²) in [4.78, 5) is 13.9. The molecule has 0 spiro atoms. The highest BCUT2D eigenvalue weighted by Gasteiger charge is 2.29. The zero-order valence-electron chi connectivity index (χ0n) is 13.4. The number of likely N-dealkylation sites (N-methyl/N-ethyl adjacent to an activating group) is 1. The van der Waals surface area contributed by atoms with E-state index in [1.54, 1.807) is 19.2 Å². The fourth-order valence-electron chi connectivity index (χ4n) is 2.80. The SMILES string of the molecule is CNCC(=O)NC[C@@H](c1c(F)cccc1Cl)N1CCO[C@@H](C)C1. The first-order valence-corrected chi connectivity index (χ1v) is 8.11. The van der Waals surface area contributed by atoms with Crippen LogP contribution in [0.15, 0.2) is 18.2 Å². The topological polar surface area (TPSA) is 53.6 Å². The molecule has 1 fully saturated rings. The first-order valence-electron chi connectivity index (χ1n) is 7.73. The summed E-state index contributed by atoms with van der Waals surface area (Å²) < 4.78 is 19.9. The molecule has 1 aliphatic heterocycles. The highest BCUT2D eigenvalue weighted by atomic mass is 35.5. The van der Waals surface area contributed by atoms with Crippen molar-refractivity contribution in [1.82, 2.24) is 15.5 Å². The van der Waals surface area contributed by atoms with Crippen LogP contribution in [0, 0.1) is 5.82 Å². The number of hydrogen-bond donors (Lipinski definition) is 2. The number of carbonyl (C=O) groups excluding carboxylic acids is 1. The van der Waals surface area contributed by atoms with Crippen molar-refractivity contribution in [2.45, 2.75) is 19.1 Å². The molecule has 0 aliphatic carbocycles. The lowest BCUT2D eigenvalue weighted by Crippen LogP contribution is -2.47. The quantitative estimate of drug-likeness (QED) is 0.823. The van der Waals surface area contributed by atoms with Crippen LogP contribution in [0.2, 0.25) is 5.02 Å². The van der Waals surface area contributed by atoms with E-state index in [1.807, 2.05) is 6.92 Å². The van der Waals surface area contributed by atoms with Gasteiger partial charge in [0.1, 0.15) is 5.82 Å². The van der Waals surface area contributed by atoms with Crippen molar-refractivity contribution in [1.29, 1.82) is 0 Å². The molecule has 7 heteroatoms. The third-order valence-corrected chi connectivity index (χ3v) is 4.21. The molecule has 1 saturated heterocycles. The number of morpholine rings is 1. The highest BCUT2D eigenvalue weighted by Crippen LogP contribution is 2.30. The molecule has 5 nitrogen and oxygen atoms in total. The molecule has 23 heavy (non-hydrogen) atoms. The second-order valence-electron chi connectivity index (χ2n) is 5.66. The molecule has 1 aromatic carbocycles. The number of halogens is 2. The van der Waals surface area contributed by atoms with Crippen molar-refractivity contribution < 1.29 is 13.9 Å². The number of carbonyl (C=O) groups is 1. The van der Waals surface area contributed by atoms with Crippen LogP contribution in [0.4, 0.5) is 4.39 Å². The van der Waals surface area contributed by atoms with E-state index >= 15 is 0 Å². The zero-order valence-corrected chi connectivity index (χ0v) is 14.2. The number of nitrogens with one attached hydrogen (secondary N) is 2. The fraction of sp³-hybridized carbons (Fsp3) is 0.562. The number of amides is 1. The fourth-order valence-corrected chi connectivity index (χ4v) is 3.09. The Labute approximate surface area is 141 Å². The van der Waals surface area contributed by atoms with Gasteiger partial charge in [-0.25, -0.2) is 4.39 Å². The van der Waals surface area contributed by atoms with Crippen molar-refractivity contribution in [3.8, 4) is 0 Å². The van der Waals surface area contributed by atoms with Gasteiger partial charge in [0.15, 0.2) is 0 Å². The van der Waals surface area contributed by atoms with E-state index in [2.05, 4.69) is 15.5 Å². The predicted molar refractivity (Wildman–Crippen MR) is 88.1 cm³/mol. The first-order chi connectivity index (χ1) is 11.0. The normalized spacial score (nSPS) is 20.3. The van der Waals surface area contributed by atoms with Crippen LogP contribution in [-0.2, 0) is 9.53 Å². The van der Waals surface area contributed by atoms with Gasteiger partial charge in [-0.05, 0) is 26.1 Å². The first kappa shape index (κ1) is 18.1. The molecule has 1 heterocycles. The van der Waals surface area contributed by atoms with Gasteiger partial charge < -0.3 is 15.4 Å². The van der Waals surface area contributed by atoms with Gasteiger partial charge in [0.05, 0.1) is 25.3 Å². The van der Waals surface area contributed by atoms with Crippen LogP contribution in [0.25, 0.3) is 0 Å². The Morgan fingerprint density at radius 3 is 3.00 bits per heavy atom. The van der Waals surface area contributed by atoms with E-state index in [-0.39, 0.29) is 30.4 Å². The number of benzene rings is 1. The average Bonchev–Trinajstić information content (AvgIpc) is 2.50. The number of ether oxygens (including phenoxy) is 1. The van der Waals surface area contributed by atoms with Crippen LogP contribution in [0.1, 0.15) is 18.5 Å². The minimum absolute atomic E-state index is 0.0600. The van der Waals surface area contributed by atoms with Gasteiger partial charge in [-0.15, -0.1) is 0 Å². The maximum absolute atomic E-state index is 14.4. The van der Waals surface area contributed by atoms with E-state index in [4.69, 9.17) is 16.3 Å². The second-order valence-corrected chi connectivity index (χ2v) is 6.07. The Bertz CT molecular complexity index is 524. The van der Waals surface area contributed by atoms with Gasteiger partial charge in [0, 0.05) is 30.2 Å². The van der Waals surface area contributed by atoms with Crippen molar-refractivity contribution in [3.63, 3.8) is 0 Å². The second kappa shape index (κ2) is 8.59. The van der Waals surface area contributed by atoms with Gasteiger partial charge in [-0.1, -0.05) is 17.7 Å². The summed E-state index contributed by atoms with van der Waals surface area (Å²) in [6.07, 6.45) is 0.0600. The third kappa shape index (κ3) is 4.88. The van der Waals surface area contributed by atoms with Crippen LogP contribution < -0.4 is 10.6 Å². The molecule has 0 bridgehead atoms. The van der Waals surface area contributed by atoms with Crippen LogP contribution >= 0.6 is 11.6 Å². The molecule has 1 aliphatic rings. The Kier molecular flexibility index (Phi) is 6.77. The van der Waals surface area contributed by atoms with Gasteiger partial charge in [-0.3, -0.25) is 9.69 Å². The Hall–Kier alpha value is -1.21. The predicted octanol–water partition coefficient (Wildman–Crippen LogP) is 1.58. The molecule has 2 N–H and O–H groups in total. The van der Waals surface area contributed by atoms with Crippen LogP contribution in [0.5, 0.6) is 0 Å². The minimum atomic E-state index is -0.357. The summed E-state index contributed by atoms with van der Waals surface area (Å²) in [5, 5.41) is 6.01. The molecular weight excluding hydrogens is 321 g/mol. The van der Waals surface area contributed by atoms with Crippen molar-refractivity contribution in [2.24, 2.45) is 0 Å². The lowest BCUT2D eigenvalue weighted by atomic mass is 10.0. The molecule has 0 radical (unpaired) electrons. The standard InChI is InChI=1S/C16H23ClFN3O2/c1-11-10-21(6-7-23-11)14(8-20-15(22)9-19-2)16-12(17)4-3-5-13(16)18/h3-5,11,14,19H,6-10H2,1-2H3,(H,20,22)/t11-,14-/m0/s1. The number of hydrogen-bond acceptors (Lipinski definition) is 4. The maximum Gasteiger partial charge on any atom is 0.234 e. The lowest BCUT2D eigenvalue weighted by Gasteiger charge is -2.38. The van der Waals surface area contributed by atoms with Crippen molar-refractivity contribution in [3.05, 3.63) is 34.6 Å². The maximum atomic E-state index is 14.4. The molecule has 2 rings (SSSR count). The Balaban J connectivity index is 2.22. The molecule has 0 saturated carbocycles. The summed E-state index contributed by atoms with van der Waals surface area (Å²) in [7, 11) is 1.70. The van der Waals surface area contributed by atoms with Gasteiger partial charge in [-0.2, -0.15) is 0 Å².